The van der Waals surface area contributed by atoms with Crippen molar-refractivity contribution < 1.29 is 9.59 Å². The summed E-state index contributed by atoms with van der Waals surface area (Å²) >= 11 is 15.1. The van der Waals surface area contributed by atoms with E-state index >= 15 is 0 Å². The maximum absolute atomic E-state index is 13.0. The molecule has 0 amide bonds. The molecule has 0 aromatic heterocycles. The molecule has 0 saturated heterocycles. The van der Waals surface area contributed by atoms with Crippen molar-refractivity contribution in [1.29, 1.82) is 0 Å². The molecule has 0 N–H and O–H groups in total. The van der Waals surface area contributed by atoms with Crippen molar-refractivity contribution in [2.75, 3.05) is 0 Å². The van der Waals surface area contributed by atoms with Gasteiger partial charge in [0, 0.05) is 36.3 Å². The van der Waals surface area contributed by atoms with Crippen molar-refractivity contribution in [2.24, 2.45) is 0 Å². The van der Waals surface area contributed by atoms with Gasteiger partial charge in [0.2, 0.25) is 11.6 Å². The van der Waals surface area contributed by atoms with Crippen molar-refractivity contribution in [3.05, 3.63) is 79.5 Å². The lowest BCUT2D eigenvalue weighted by molar-refractivity contribution is 0.101. The van der Waals surface area contributed by atoms with Gasteiger partial charge < -0.3 is 0 Å². The standard InChI is InChI=1S/C20H8Cl2O2S2/c21-10-5-7-11-14(8-10)25-19(16(11)23)20-17(24)12-6-4-9-2-1-3-13(22)15(9)18(12)26-20/h1-8H. The first-order chi connectivity index (χ1) is 12.5. The molecular weight excluding hydrogens is 407 g/mol. The number of Topliss-reactive ketones (excluding diaryl/α,β-unsaturated/α-hetero) is 2. The van der Waals surface area contributed by atoms with E-state index in [0.29, 0.717) is 31.0 Å². The fourth-order valence-electron chi connectivity index (χ4n) is 3.20. The molecule has 3 aromatic carbocycles. The summed E-state index contributed by atoms with van der Waals surface area (Å²) in [4.78, 5) is 28.3. The number of halogens is 2. The fourth-order valence-corrected chi connectivity index (χ4v) is 6.28. The average Bonchev–Trinajstić information content (AvgIpc) is 3.12. The van der Waals surface area contributed by atoms with Gasteiger partial charge in [0.15, 0.2) is 0 Å². The lowest BCUT2D eigenvalue weighted by Crippen LogP contribution is -2.01. The van der Waals surface area contributed by atoms with E-state index in [4.69, 9.17) is 23.2 Å². The summed E-state index contributed by atoms with van der Waals surface area (Å²) in [5, 5.41) is 3.01. The molecule has 0 unspecified atom stereocenters. The van der Waals surface area contributed by atoms with Crippen molar-refractivity contribution in [3.8, 4) is 0 Å². The van der Waals surface area contributed by atoms with Crippen LogP contribution < -0.4 is 0 Å². The molecule has 0 radical (unpaired) electrons. The Morgan fingerprint density at radius 3 is 2.35 bits per heavy atom. The molecule has 0 atom stereocenters. The minimum absolute atomic E-state index is 0.124. The number of carbonyl (C=O) groups excluding carboxylic acids is 2. The molecule has 126 valence electrons. The number of ketones is 2. The molecule has 0 fully saturated rings. The van der Waals surface area contributed by atoms with Crippen LogP contribution in [0.1, 0.15) is 20.7 Å². The van der Waals surface area contributed by atoms with Crippen LogP contribution >= 0.6 is 46.7 Å². The Kier molecular flexibility index (Phi) is 3.73. The van der Waals surface area contributed by atoms with Gasteiger partial charge in [-0.05, 0) is 35.7 Å². The highest BCUT2D eigenvalue weighted by Crippen LogP contribution is 2.52. The number of rotatable bonds is 0. The first-order valence-corrected chi connectivity index (χ1v) is 10.1. The summed E-state index contributed by atoms with van der Waals surface area (Å²) in [6.45, 7) is 0. The van der Waals surface area contributed by atoms with Gasteiger partial charge in [0.05, 0.1) is 9.81 Å². The van der Waals surface area contributed by atoms with E-state index in [1.54, 1.807) is 18.2 Å². The number of benzene rings is 3. The molecule has 26 heavy (non-hydrogen) atoms. The third kappa shape index (κ3) is 2.30. The van der Waals surface area contributed by atoms with Crippen molar-refractivity contribution >= 4 is 69.1 Å². The Bertz CT molecular complexity index is 1200. The molecule has 0 saturated carbocycles. The van der Waals surface area contributed by atoms with Crippen molar-refractivity contribution in [2.45, 2.75) is 9.79 Å². The largest absolute Gasteiger partial charge is 0.288 e. The zero-order valence-electron chi connectivity index (χ0n) is 13.0. The smallest absolute Gasteiger partial charge is 0.202 e. The zero-order valence-corrected chi connectivity index (χ0v) is 16.2. The minimum atomic E-state index is -0.124. The van der Waals surface area contributed by atoms with E-state index in [9.17, 15) is 9.59 Å². The molecule has 0 bridgehead atoms. The lowest BCUT2D eigenvalue weighted by Gasteiger charge is -2.05. The van der Waals surface area contributed by atoms with Crippen LogP contribution in [-0.2, 0) is 0 Å². The Morgan fingerprint density at radius 1 is 0.769 bits per heavy atom. The van der Waals surface area contributed by atoms with Crippen LogP contribution in [0.2, 0.25) is 10.0 Å². The summed E-state index contributed by atoms with van der Waals surface area (Å²) in [5.74, 6) is -0.248. The minimum Gasteiger partial charge on any atom is -0.288 e. The summed E-state index contributed by atoms with van der Waals surface area (Å²) in [6.07, 6.45) is 0. The van der Waals surface area contributed by atoms with E-state index in [1.165, 1.54) is 23.5 Å². The Labute approximate surface area is 167 Å². The summed E-state index contributed by atoms with van der Waals surface area (Å²) in [6, 6.07) is 14.5. The van der Waals surface area contributed by atoms with Gasteiger partial charge in [-0.1, -0.05) is 64.9 Å². The third-order valence-electron chi connectivity index (χ3n) is 4.41. The van der Waals surface area contributed by atoms with Crippen LogP contribution in [0.5, 0.6) is 0 Å². The summed E-state index contributed by atoms with van der Waals surface area (Å²) < 4.78 is 0. The van der Waals surface area contributed by atoms with E-state index in [1.807, 2.05) is 30.3 Å². The molecule has 6 heteroatoms. The molecule has 0 spiro atoms. The molecular formula is C20H8Cl2O2S2. The Hall–Kier alpha value is -1.72. The van der Waals surface area contributed by atoms with Crippen molar-refractivity contribution in [1.82, 2.24) is 0 Å². The SMILES string of the molecule is O=C1C(=C2Sc3c(ccc4cccc(Cl)c34)C2=O)Sc2cc(Cl)ccc21. The number of hydrogen-bond donors (Lipinski definition) is 0. The van der Waals surface area contributed by atoms with Gasteiger partial charge in [0.25, 0.3) is 0 Å². The van der Waals surface area contributed by atoms with Crippen LogP contribution in [0.25, 0.3) is 10.8 Å². The maximum atomic E-state index is 13.0. The van der Waals surface area contributed by atoms with E-state index in [-0.39, 0.29) is 11.6 Å². The highest BCUT2D eigenvalue weighted by atomic mass is 35.5. The van der Waals surface area contributed by atoms with E-state index in [0.717, 1.165) is 20.6 Å². The number of carbonyl (C=O) groups is 2. The number of hydrogen-bond acceptors (Lipinski definition) is 4. The van der Waals surface area contributed by atoms with Gasteiger partial charge in [-0.2, -0.15) is 0 Å². The van der Waals surface area contributed by atoms with E-state index in [2.05, 4.69) is 0 Å². The molecule has 2 aliphatic rings. The fraction of sp³-hybridized carbons (Fsp3) is 0. The zero-order chi connectivity index (χ0) is 18.0. The van der Waals surface area contributed by atoms with Crippen LogP contribution in [0.3, 0.4) is 0 Å². The number of thioether (sulfide) groups is 2. The second kappa shape index (κ2) is 5.89. The Balaban J connectivity index is 1.69. The van der Waals surface area contributed by atoms with Gasteiger partial charge >= 0.3 is 0 Å². The molecule has 2 aliphatic heterocycles. The third-order valence-corrected chi connectivity index (χ3v) is 7.47. The van der Waals surface area contributed by atoms with Crippen LogP contribution in [0, 0.1) is 0 Å². The monoisotopic (exact) mass is 414 g/mol. The second-order valence-corrected chi connectivity index (χ2v) is 8.86. The van der Waals surface area contributed by atoms with Gasteiger partial charge in [0.1, 0.15) is 0 Å². The molecule has 5 rings (SSSR count). The molecule has 2 heterocycles. The molecule has 2 nitrogen and oxygen atoms in total. The highest BCUT2D eigenvalue weighted by molar-refractivity contribution is 8.08. The molecule has 3 aromatic rings. The van der Waals surface area contributed by atoms with Gasteiger partial charge in [-0.3, -0.25) is 9.59 Å². The summed E-state index contributed by atoms with van der Waals surface area (Å²) in [5.41, 5.74) is 1.19. The number of allylic oxidation sites excluding steroid dienone is 2. The maximum Gasteiger partial charge on any atom is 0.202 e. The second-order valence-electron chi connectivity index (χ2n) is 5.94. The van der Waals surface area contributed by atoms with Crippen LogP contribution in [0.15, 0.2) is 68.1 Å². The molecule has 0 aliphatic carbocycles. The van der Waals surface area contributed by atoms with Crippen LogP contribution in [0.4, 0.5) is 0 Å². The highest BCUT2D eigenvalue weighted by Gasteiger charge is 2.37. The number of fused-ring (bicyclic) bond motifs is 4. The quantitative estimate of drug-likeness (QED) is 0.386. The van der Waals surface area contributed by atoms with Crippen molar-refractivity contribution in [3.63, 3.8) is 0 Å². The first-order valence-electron chi connectivity index (χ1n) is 7.75. The first kappa shape index (κ1) is 16.5. The Morgan fingerprint density at radius 2 is 1.50 bits per heavy atom. The average molecular weight is 415 g/mol. The van der Waals surface area contributed by atoms with Crippen LogP contribution in [-0.4, -0.2) is 11.6 Å². The van der Waals surface area contributed by atoms with Gasteiger partial charge in [-0.15, -0.1) is 0 Å². The normalized spacial score (nSPS) is 18.5. The predicted octanol–water partition coefficient (Wildman–Crippen LogP) is 6.64. The lowest BCUT2D eigenvalue weighted by atomic mass is 10.0. The van der Waals surface area contributed by atoms with Gasteiger partial charge in [-0.25, -0.2) is 0 Å². The topological polar surface area (TPSA) is 34.1 Å². The predicted molar refractivity (Wildman–Crippen MR) is 108 cm³/mol. The summed E-state index contributed by atoms with van der Waals surface area (Å²) in [7, 11) is 0. The van der Waals surface area contributed by atoms with E-state index < -0.39 is 0 Å².